The third kappa shape index (κ3) is 2.77. The van der Waals surface area contributed by atoms with Gasteiger partial charge in [-0.2, -0.15) is 0 Å². The van der Waals surface area contributed by atoms with E-state index >= 15 is 0 Å². The highest BCUT2D eigenvalue weighted by Crippen LogP contribution is 2.32. The normalized spacial score (nSPS) is 20.2. The molecule has 1 heterocycles. The molecule has 0 saturated heterocycles. The van der Waals surface area contributed by atoms with Crippen molar-refractivity contribution >= 4 is 5.97 Å². The van der Waals surface area contributed by atoms with Crippen molar-refractivity contribution in [2.75, 3.05) is 13.2 Å². The number of rotatable bonds is 4. The van der Waals surface area contributed by atoms with E-state index in [4.69, 9.17) is 9.84 Å². The molecule has 0 aliphatic carbocycles. The summed E-state index contributed by atoms with van der Waals surface area (Å²) in [4.78, 5) is 10.7. The minimum Gasteiger partial charge on any atom is -0.493 e. The lowest BCUT2D eigenvalue weighted by Gasteiger charge is -2.26. The Bertz CT molecular complexity index is 405. The molecule has 1 aromatic carbocycles. The van der Waals surface area contributed by atoms with E-state index in [0.29, 0.717) is 19.1 Å². The van der Waals surface area contributed by atoms with Crippen molar-refractivity contribution in [1.29, 1.82) is 0 Å². The maximum Gasteiger partial charge on any atom is 0.320 e. The van der Waals surface area contributed by atoms with Crippen LogP contribution in [0.25, 0.3) is 0 Å². The SMILES string of the molecule is C[C@@H](NCC1CCOc2ccccc21)C(=O)O. The lowest BCUT2D eigenvalue weighted by Crippen LogP contribution is -2.37. The number of aliphatic carboxylic acids is 1. The number of carboxylic acids is 1. The van der Waals surface area contributed by atoms with Crippen molar-refractivity contribution in [2.45, 2.75) is 25.3 Å². The first kappa shape index (κ1) is 11.9. The molecule has 0 spiro atoms. The summed E-state index contributed by atoms with van der Waals surface area (Å²) in [5.41, 5.74) is 1.17. The largest absolute Gasteiger partial charge is 0.493 e. The third-order valence-electron chi connectivity index (χ3n) is 3.12. The summed E-state index contributed by atoms with van der Waals surface area (Å²) in [5, 5.41) is 11.9. The van der Waals surface area contributed by atoms with Gasteiger partial charge in [-0.3, -0.25) is 4.79 Å². The predicted octanol–water partition coefficient (Wildman–Crippen LogP) is 1.62. The van der Waals surface area contributed by atoms with E-state index in [1.807, 2.05) is 24.3 Å². The van der Waals surface area contributed by atoms with Gasteiger partial charge in [-0.15, -0.1) is 0 Å². The number of carbonyl (C=O) groups is 1. The highest BCUT2D eigenvalue weighted by Gasteiger charge is 2.22. The van der Waals surface area contributed by atoms with Crippen LogP contribution in [0.2, 0.25) is 0 Å². The number of hydrogen-bond acceptors (Lipinski definition) is 3. The van der Waals surface area contributed by atoms with Crippen LogP contribution >= 0.6 is 0 Å². The molecule has 92 valence electrons. The number of benzene rings is 1. The molecule has 2 atom stereocenters. The van der Waals surface area contributed by atoms with Crippen molar-refractivity contribution < 1.29 is 14.6 Å². The van der Waals surface area contributed by atoms with Crippen LogP contribution in [0.5, 0.6) is 5.75 Å². The molecule has 0 radical (unpaired) electrons. The Morgan fingerprint density at radius 1 is 1.59 bits per heavy atom. The monoisotopic (exact) mass is 235 g/mol. The summed E-state index contributed by atoms with van der Waals surface area (Å²) >= 11 is 0. The molecule has 2 rings (SSSR count). The molecule has 4 heteroatoms. The van der Waals surface area contributed by atoms with Gasteiger partial charge in [-0.25, -0.2) is 0 Å². The highest BCUT2D eigenvalue weighted by molar-refractivity contribution is 5.72. The maximum absolute atomic E-state index is 10.7. The van der Waals surface area contributed by atoms with Crippen LogP contribution in [-0.4, -0.2) is 30.3 Å². The number of nitrogens with one attached hydrogen (secondary N) is 1. The summed E-state index contributed by atoms with van der Waals surface area (Å²) in [6, 6.07) is 7.44. The standard InChI is InChI=1S/C13H17NO3/c1-9(13(15)16)14-8-10-6-7-17-12-5-3-2-4-11(10)12/h2-5,9-10,14H,6-8H2,1H3,(H,15,16)/t9-,10?/m1/s1. The van der Waals surface area contributed by atoms with Crippen LogP contribution in [0.1, 0.15) is 24.8 Å². The molecule has 1 aliphatic rings. The molecule has 17 heavy (non-hydrogen) atoms. The smallest absolute Gasteiger partial charge is 0.320 e. The van der Waals surface area contributed by atoms with E-state index < -0.39 is 12.0 Å². The lowest BCUT2D eigenvalue weighted by molar-refractivity contribution is -0.139. The first-order valence-electron chi connectivity index (χ1n) is 5.86. The molecule has 0 aromatic heterocycles. The first-order valence-corrected chi connectivity index (χ1v) is 5.86. The van der Waals surface area contributed by atoms with E-state index in [9.17, 15) is 4.79 Å². The van der Waals surface area contributed by atoms with Gasteiger partial charge in [-0.05, 0) is 25.0 Å². The van der Waals surface area contributed by atoms with Gasteiger partial charge >= 0.3 is 5.97 Å². The van der Waals surface area contributed by atoms with Gasteiger partial charge in [0.1, 0.15) is 11.8 Å². The number of hydrogen-bond donors (Lipinski definition) is 2. The fourth-order valence-electron chi connectivity index (χ4n) is 2.03. The number of para-hydroxylation sites is 1. The molecule has 4 nitrogen and oxygen atoms in total. The zero-order valence-corrected chi connectivity index (χ0v) is 9.85. The summed E-state index contributed by atoms with van der Waals surface area (Å²) in [7, 11) is 0. The van der Waals surface area contributed by atoms with Crippen molar-refractivity contribution in [1.82, 2.24) is 5.32 Å². The predicted molar refractivity (Wildman–Crippen MR) is 64.4 cm³/mol. The Morgan fingerprint density at radius 3 is 3.12 bits per heavy atom. The van der Waals surface area contributed by atoms with E-state index in [2.05, 4.69) is 5.32 Å². The second-order valence-electron chi connectivity index (χ2n) is 4.34. The molecular formula is C13H17NO3. The van der Waals surface area contributed by atoms with E-state index in [1.165, 1.54) is 5.56 Å². The number of ether oxygens (including phenoxy) is 1. The van der Waals surface area contributed by atoms with Crippen molar-refractivity contribution in [2.24, 2.45) is 0 Å². The molecule has 0 amide bonds. The molecule has 1 unspecified atom stereocenters. The number of fused-ring (bicyclic) bond motifs is 1. The molecule has 0 bridgehead atoms. The average molecular weight is 235 g/mol. The minimum atomic E-state index is -0.814. The Hall–Kier alpha value is -1.55. The Kier molecular flexibility index (Phi) is 3.64. The van der Waals surface area contributed by atoms with Crippen molar-refractivity contribution in [3.63, 3.8) is 0 Å². The topological polar surface area (TPSA) is 58.6 Å². The first-order chi connectivity index (χ1) is 8.18. The lowest BCUT2D eigenvalue weighted by atomic mass is 9.93. The van der Waals surface area contributed by atoms with Gasteiger partial charge in [0.15, 0.2) is 0 Å². The Balaban J connectivity index is 2.01. The number of carboxylic acid groups (broad SMARTS) is 1. The van der Waals surface area contributed by atoms with Crippen molar-refractivity contribution in [3.05, 3.63) is 29.8 Å². The summed E-state index contributed by atoms with van der Waals surface area (Å²) in [6.07, 6.45) is 0.927. The van der Waals surface area contributed by atoms with Crippen LogP contribution in [0, 0.1) is 0 Å². The van der Waals surface area contributed by atoms with Gasteiger partial charge in [0.2, 0.25) is 0 Å². The van der Waals surface area contributed by atoms with E-state index in [-0.39, 0.29) is 0 Å². The Morgan fingerprint density at radius 2 is 2.35 bits per heavy atom. The Labute approximate surface area is 101 Å². The second-order valence-corrected chi connectivity index (χ2v) is 4.34. The molecule has 2 N–H and O–H groups in total. The van der Waals surface area contributed by atoms with Crippen molar-refractivity contribution in [3.8, 4) is 5.75 Å². The van der Waals surface area contributed by atoms with Gasteiger partial charge in [0.25, 0.3) is 0 Å². The summed E-state index contributed by atoms with van der Waals surface area (Å²) in [5.74, 6) is 0.445. The van der Waals surface area contributed by atoms with Crippen LogP contribution in [0.4, 0.5) is 0 Å². The van der Waals surface area contributed by atoms with Gasteiger partial charge in [-0.1, -0.05) is 18.2 Å². The molecule has 0 fully saturated rings. The highest BCUT2D eigenvalue weighted by atomic mass is 16.5. The summed E-state index contributed by atoms with van der Waals surface area (Å²) in [6.45, 7) is 3.03. The van der Waals surface area contributed by atoms with Gasteiger partial charge in [0, 0.05) is 12.5 Å². The molecule has 1 aliphatic heterocycles. The third-order valence-corrected chi connectivity index (χ3v) is 3.12. The van der Waals surface area contributed by atoms with Crippen LogP contribution < -0.4 is 10.1 Å². The fourth-order valence-corrected chi connectivity index (χ4v) is 2.03. The zero-order chi connectivity index (χ0) is 12.3. The molecule has 0 saturated carbocycles. The van der Waals surface area contributed by atoms with Crippen LogP contribution in [-0.2, 0) is 4.79 Å². The summed E-state index contributed by atoms with van der Waals surface area (Å²) < 4.78 is 5.56. The van der Waals surface area contributed by atoms with E-state index in [1.54, 1.807) is 6.92 Å². The quantitative estimate of drug-likeness (QED) is 0.832. The molecular weight excluding hydrogens is 218 g/mol. The van der Waals surface area contributed by atoms with Gasteiger partial charge in [0.05, 0.1) is 6.61 Å². The zero-order valence-electron chi connectivity index (χ0n) is 9.85. The molecule has 1 aromatic rings. The average Bonchev–Trinajstić information content (AvgIpc) is 2.35. The minimum absolute atomic E-state index is 0.335. The maximum atomic E-state index is 10.7. The second kappa shape index (κ2) is 5.19. The van der Waals surface area contributed by atoms with Crippen LogP contribution in [0.3, 0.4) is 0 Å². The van der Waals surface area contributed by atoms with Gasteiger partial charge < -0.3 is 15.2 Å². The fraction of sp³-hybridized carbons (Fsp3) is 0.462. The van der Waals surface area contributed by atoms with Crippen LogP contribution in [0.15, 0.2) is 24.3 Å². The van der Waals surface area contributed by atoms with E-state index in [0.717, 1.165) is 12.2 Å².